The first-order chi connectivity index (χ1) is 17.3. The number of methoxy groups -OCH3 is 1. The maximum absolute atomic E-state index is 13.5. The molecule has 13 heteroatoms. The third-order valence-electron chi connectivity index (χ3n) is 5.31. The molecule has 2 aromatic carbocycles. The Balaban J connectivity index is 1.60. The van der Waals surface area contributed by atoms with Gasteiger partial charge in [-0.25, -0.2) is 19.1 Å². The molecular formula is C23H23Cl2N7O4. The number of hydrogen-bond donors (Lipinski definition) is 3. The van der Waals surface area contributed by atoms with Crippen LogP contribution in [0.1, 0.15) is 11.1 Å². The molecule has 0 unspecified atom stereocenters. The SMILES string of the molecule is COc1ccc(Cn2c(NCCNC3=NCC(=O)N3)nc(=O)n(Cc3ccc(Cl)c(Cl)c3)c2=O)cc1. The van der Waals surface area contributed by atoms with Crippen molar-refractivity contribution in [2.24, 2.45) is 4.99 Å². The zero-order chi connectivity index (χ0) is 25.7. The van der Waals surface area contributed by atoms with Crippen LogP contribution in [0.3, 0.4) is 0 Å². The predicted octanol–water partition coefficient (Wildman–Crippen LogP) is 1.30. The maximum Gasteiger partial charge on any atom is 0.355 e. The summed E-state index contributed by atoms with van der Waals surface area (Å²) >= 11 is 12.1. The number of ether oxygens (including phenoxy) is 1. The number of benzene rings is 2. The first-order valence-electron chi connectivity index (χ1n) is 10.9. The van der Waals surface area contributed by atoms with E-state index in [0.717, 1.165) is 10.1 Å². The van der Waals surface area contributed by atoms with Crippen molar-refractivity contribution in [2.75, 3.05) is 32.1 Å². The molecule has 1 aliphatic heterocycles. The van der Waals surface area contributed by atoms with Crippen LogP contribution >= 0.6 is 23.2 Å². The Morgan fingerprint density at radius 3 is 2.31 bits per heavy atom. The monoisotopic (exact) mass is 531 g/mol. The summed E-state index contributed by atoms with van der Waals surface area (Å²) in [5.41, 5.74) is 0.189. The number of rotatable bonds is 9. The Kier molecular flexibility index (Phi) is 7.91. The molecule has 3 aromatic rings. The van der Waals surface area contributed by atoms with Gasteiger partial charge in [0.05, 0.1) is 30.2 Å². The lowest BCUT2D eigenvalue weighted by Gasteiger charge is -2.16. The fraction of sp³-hybridized carbons (Fsp3) is 0.261. The van der Waals surface area contributed by atoms with Gasteiger partial charge in [-0.2, -0.15) is 4.98 Å². The topological polar surface area (TPSA) is 132 Å². The summed E-state index contributed by atoms with van der Waals surface area (Å²) < 4.78 is 7.62. The summed E-state index contributed by atoms with van der Waals surface area (Å²) in [6, 6.07) is 12.1. The molecule has 1 aliphatic rings. The average Bonchev–Trinajstić information content (AvgIpc) is 3.29. The van der Waals surface area contributed by atoms with Crippen LogP contribution < -0.4 is 32.1 Å². The molecule has 0 saturated heterocycles. The predicted molar refractivity (Wildman–Crippen MR) is 137 cm³/mol. The fourth-order valence-electron chi connectivity index (χ4n) is 3.49. The van der Waals surface area contributed by atoms with Crippen LogP contribution in [0.15, 0.2) is 57.0 Å². The van der Waals surface area contributed by atoms with E-state index in [2.05, 4.69) is 25.9 Å². The maximum atomic E-state index is 13.5. The summed E-state index contributed by atoms with van der Waals surface area (Å²) in [5, 5.41) is 9.27. The molecular weight excluding hydrogens is 509 g/mol. The second kappa shape index (κ2) is 11.3. The van der Waals surface area contributed by atoms with Crippen molar-refractivity contribution in [1.29, 1.82) is 0 Å². The van der Waals surface area contributed by atoms with Crippen molar-refractivity contribution in [3.63, 3.8) is 0 Å². The highest BCUT2D eigenvalue weighted by Gasteiger charge is 2.16. The van der Waals surface area contributed by atoms with Gasteiger partial charge < -0.3 is 15.4 Å². The Labute approximate surface area is 215 Å². The lowest BCUT2D eigenvalue weighted by molar-refractivity contribution is -0.117. The number of guanidine groups is 1. The molecule has 2 heterocycles. The van der Waals surface area contributed by atoms with E-state index in [4.69, 9.17) is 27.9 Å². The molecule has 36 heavy (non-hydrogen) atoms. The number of amides is 1. The summed E-state index contributed by atoms with van der Waals surface area (Å²) in [4.78, 5) is 45.7. The number of hydrogen-bond acceptors (Lipinski definition) is 8. The van der Waals surface area contributed by atoms with Gasteiger partial charge in [-0.1, -0.05) is 41.4 Å². The van der Waals surface area contributed by atoms with Crippen molar-refractivity contribution in [3.05, 3.63) is 84.6 Å². The number of aromatic nitrogens is 3. The van der Waals surface area contributed by atoms with Crippen molar-refractivity contribution >= 4 is 41.0 Å². The van der Waals surface area contributed by atoms with E-state index in [1.807, 2.05) is 12.1 Å². The number of halogens is 2. The summed E-state index contributed by atoms with van der Waals surface area (Å²) in [6.45, 7) is 0.890. The quantitative estimate of drug-likeness (QED) is 0.354. The minimum Gasteiger partial charge on any atom is -0.497 e. The molecule has 0 atom stereocenters. The largest absolute Gasteiger partial charge is 0.497 e. The number of aliphatic imine (C=N–C) groups is 1. The van der Waals surface area contributed by atoms with Crippen LogP contribution in [0.25, 0.3) is 0 Å². The van der Waals surface area contributed by atoms with Gasteiger partial charge in [-0.05, 0) is 35.4 Å². The highest BCUT2D eigenvalue weighted by atomic mass is 35.5. The molecule has 4 rings (SSSR count). The van der Waals surface area contributed by atoms with Gasteiger partial charge in [0, 0.05) is 13.1 Å². The number of nitrogens with zero attached hydrogens (tertiary/aromatic N) is 4. The van der Waals surface area contributed by atoms with Crippen LogP contribution in [0.5, 0.6) is 5.75 Å². The Morgan fingerprint density at radius 1 is 0.944 bits per heavy atom. The molecule has 1 aromatic heterocycles. The van der Waals surface area contributed by atoms with Gasteiger partial charge in [0.2, 0.25) is 11.9 Å². The standard InChI is InChI=1S/C23H23Cl2N7O4/c1-36-16-5-2-14(3-6-16)12-31-21(27-9-8-26-20-28-11-19(33)29-20)30-22(34)32(23(31)35)13-15-4-7-17(24)18(25)10-15/h2-7,10H,8-9,11-13H2,1H3,(H,27,30,34)(H2,26,28,29,33). The number of carbonyl (C=O) groups excluding carboxylic acids is 1. The van der Waals surface area contributed by atoms with E-state index in [9.17, 15) is 14.4 Å². The third kappa shape index (κ3) is 6.04. The van der Waals surface area contributed by atoms with Crippen molar-refractivity contribution in [1.82, 2.24) is 24.8 Å². The van der Waals surface area contributed by atoms with Gasteiger partial charge >= 0.3 is 11.4 Å². The van der Waals surface area contributed by atoms with E-state index in [0.29, 0.717) is 40.4 Å². The van der Waals surface area contributed by atoms with Gasteiger partial charge in [0.15, 0.2) is 5.96 Å². The van der Waals surface area contributed by atoms with Crippen LogP contribution in [-0.4, -0.2) is 52.7 Å². The van der Waals surface area contributed by atoms with Crippen molar-refractivity contribution < 1.29 is 9.53 Å². The van der Waals surface area contributed by atoms with E-state index in [1.54, 1.807) is 37.4 Å². The number of carbonyl (C=O) groups is 1. The first kappa shape index (κ1) is 25.3. The normalized spacial score (nSPS) is 12.8. The molecule has 0 spiro atoms. The van der Waals surface area contributed by atoms with Crippen LogP contribution in [-0.2, 0) is 17.9 Å². The van der Waals surface area contributed by atoms with E-state index in [1.165, 1.54) is 4.57 Å². The molecule has 0 fully saturated rings. The van der Waals surface area contributed by atoms with Gasteiger partial charge in [0.1, 0.15) is 12.3 Å². The Hall–Kier alpha value is -3.83. The minimum atomic E-state index is -0.708. The van der Waals surface area contributed by atoms with E-state index >= 15 is 0 Å². The lowest BCUT2D eigenvalue weighted by Crippen LogP contribution is -2.44. The van der Waals surface area contributed by atoms with Crippen molar-refractivity contribution in [2.45, 2.75) is 13.1 Å². The van der Waals surface area contributed by atoms with Crippen LogP contribution in [0.2, 0.25) is 10.0 Å². The molecule has 1 amide bonds. The van der Waals surface area contributed by atoms with Crippen LogP contribution in [0.4, 0.5) is 5.95 Å². The van der Waals surface area contributed by atoms with E-state index < -0.39 is 11.4 Å². The van der Waals surface area contributed by atoms with Crippen LogP contribution in [0, 0.1) is 0 Å². The second-order valence-corrected chi connectivity index (χ2v) is 8.65. The minimum absolute atomic E-state index is 0.0223. The molecule has 11 nitrogen and oxygen atoms in total. The smallest absolute Gasteiger partial charge is 0.355 e. The molecule has 3 N–H and O–H groups in total. The zero-order valence-corrected chi connectivity index (χ0v) is 20.8. The highest BCUT2D eigenvalue weighted by Crippen LogP contribution is 2.22. The fourth-order valence-corrected chi connectivity index (χ4v) is 3.81. The summed E-state index contributed by atoms with van der Waals surface area (Å²) in [6.07, 6.45) is 0. The molecule has 188 valence electrons. The number of nitrogens with one attached hydrogen (secondary N) is 3. The Bertz CT molecular complexity index is 1420. The Morgan fingerprint density at radius 2 is 1.64 bits per heavy atom. The number of anilines is 1. The van der Waals surface area contributed by atoms with Gasteiger partial charge in [-0.3, -0.25) is 14.7 Å². The first-order valence-corrected chi connectivity index (χ1v) is 11.7. The highest BCUT2D eigenvalue weighted by molar-refractivity contribution is 6.42. The van der Waals surface area contributed by atoms with E-state index in [-0.39, 0.29) is 31.5 Å². The molecule has 0 radical (unpaired) electrons. The molecule has 0 saturated carbocycles. The molecule has 0 bridgehead atoms. The summed E-state index contributed by atoms with van der Waals surface area (Å²) in [7, 11) is 1.57. The third-order valence-corrected chi connectivity index (χ3v) is 6.05. The van der Waals surface area contributed by atoms with Crippen molar-refractivity contribution in [3.8, 4) is 5.75 Å². The summed E-state index contributed by atoms with van der Waals surface area (Å²) in [5.74, 6) is 0.985. The van der Waals surface area contributed by atoms with Gasteiger partial charge in [0.25, 0.3) is 0 Å². The lowest BCUT2D eigenvalue weighted by atomic mass is 10.2. The van der Waals surface area contributed by atoms with Gasteiger partial charge in [-0.15, -0.1) is 0 Å². The zero-order valence-electron chi connectivity index (χ0n) is 19.3. The molecule has 0 aliphatic carbocycles. The average molecular weight is 532 g/mol. The second-order valence-electron chi connectivity index (χ2n) is 7.84.